The molecule has 3 nitrogen and oxygen atoms in total. The fourth-order valence-corrected chi connectivity index (χ4v) is 3.00. The molecule has 1 aliphatic rings. The molecule has 0 unspecified atom stereocenters. The molecule has 1 radical (unpaired) electrons. The predicted molar refractivity (Wildman–Crippen MR) is 85.8 cm³/mol. The average Bonchev–Trinajstić information content (AvgIpc) is 3.00. The zero-order valence-electron chi connectivity index (χ0n) is 11.0. The Hall–Kier alpha value is -2.14. The van der Waals surface area contributed by atoms with E-state index in [2.05, 4.69) is 10.3 Å². The molecule has 0 spiro atoms. The van der Waals surface area contributed by atoms with Crippen LogP contribution in [0.5, 0.6) is 0 Å². The van der Waals surface area contributed by atoms with Gasteiger partial charge in [0.1, 0.15) is 5.84 Å². The second kappa shape index (κ2) is 5.09. The van der Waals surface area contributed by atoms with E-state index in [0.717, 1.165) is 27.0 Å². The summed E-state index contributed by atoms with van der Waals surface area (Å²) in [4.78, 5) is 16.5. The van der Waals surface area contributed by atoms with Crippen LogP contribution < -0.4 is 11.2 Å². The number of nitrogens with two attached hydrogens (primary N) is 1. The van der Waals surface area contributed by atoms with Crippen LogP contribution in [0.4, 0.5) is 0 Å². The van der Waals surface area contributed by atoms with Gasteiger partial charge in [0, 0.05) is 5.56 Å². The minimum Gasteiger partial charge on any atom is -0.384 e. The van der Waals surface area contributed by atoms with Crippen LogP contribution >= 0.6 is 11.3 Å². The Labute approximate surface area is 122 Å². The van der Waals surface area contributed by atoms with Gasteiger partial charge in [-0.25, -0.2) is 0 Å². The second-order valence-electron chi connectivity index (χ2n) is 4.59. The van der Waals surface area contributed by atoms with Gasteiger partial charge in [0.2, 0.25) is 0 Å². The molecule has 5 heteroatoms. The summed E-state index contributed by atoms with van der Waals surface area (Å²) in [7, 11) is 1.80. The monoisotopic (exact) mass is 279 g/mol. The first-order valence-electron chi connectivity index (χ1n) is 6.22. The predicted octanol–water partition coefficient (Wildman–Crippen LogP) is 2.08. The molecule has 1 aromatic carbocycles. The first-order chi connectivity index (χ1) is 9.65. The van der Waals surface area contributed by atoms with Crippen LogP contribution in [0, 0.1) is 0 Å². The van der Waals surface area contributed by atoms with Crippen molar-refractivity contribution >= 4 is 48.0 Å². The van der Waals surface area contributed by atoms with Gasteiger partial charge in [-0.05, 0) is 35.0 Å². The van der Waals surface area contributed by atoms with Crippen molar-refractivity contribution in [3.63, 3.8) is 0 Å². The summed E-state index contributed by atoms with van der Waals surface area (Å²) < 4.78 is 0. The van der Waals surface area contributed by atoms with Crippen molar-refractivity contribution in [3.05, 3.63) is 51.2 Å². The maximum Gasteiger partial charge on any atom is 0.317 e. The molecule has 0 amide bonds. The van der Waals surface area contributed by atoms with Crippen molar-refractivity contribution in [2.75, 3.05) is 0 Å². The number of hydrogen-bond acceptors (Lipinski definition) is 4. The number of rotatable bonds is 3. The van der Waals surface area contributed by atoms with Gasteiger partial charge in [0.05, 0.1) is 4.88 Å². The lowest BCUT2D eigenvalue weighted by Gasteiger charge is -1.98. The zero-order chi connectivity index (χ0) is 14.1. The molecule has 2 N–H and O–H groups in total. The highest BCUT2D eigenvalue weighted by Gasteiger charge is 2.19. The van der Waals surface area contributed by atoms with Gasteiger partial charge in [-0.1, -0.05) is 30.4 Å². The van der Waals surface area contributed by atoms with Crippen LogP contribution in [0.15, 0.2) is 34.5 Å². The SMILES string of the molecule is CC(=O)c1cccc(/C=C/c2csc3c2[B]N=C3N)c1. The first-order valence-corrected chi connectivity index (χ1v) is 7.10. The lowest BCUT2D eigenvalue weighted by molar-refractivity contribution is 0.101. The summed E-state index contributed by atoms with van der Waals surface area (Å²) in [5, 5.41) is 2.06. The number of amidine groups is 1. The molecule has 2 heterocycles. The van der Waals surface area contributed by atoms with E-state index in [4.69, 9.17) is 5.73 Å². The highest BCUT2D eigenvalue weighted by Crippen LogP contribution is 2.18. The van der Waals surface area contributed by atoms with E-state index in [1.165, 1.54) is 0 Å². The lowest BCUT2D eigenvalue weighted by Crippen LogP contribution is -2.15. The van der Waals surface area contributed by atoms with Crippen LogP contribution in [0.2, 0.25) is 0 Å². The number of Topliss-reactive ketones (excluding diaryl/α,β-unsaturated/α-hetero) is 1. The molecule has 0 atom stereocenters. The van der Waals surface area contributed by atoms with Gasteiger partial charge >= 0.3 is 7.41 Å². The second-order valence-corrected chi connectivity index (χ2v) is 5.47. The van der Waals surface area contributed by atoms with E-state index in [1.807, 2.05) is 36.4 Å². The van der Waals surface area contributed by atoms with Crippen LogP contribution in [0.1, 0.15) is 33.3 Å². The maximum atomic E-state index is 11.4. The maximum absolute atomic E-state index is 11.4. The van der Waals surface area contributed by atoms with E-state index in [0.29, 0.717) is 5.84 Å². The number of carbonyl (C=O) groups excluding carboxylic acids is 1. The first kappa shape index (κ1) is 12.9. The molecule has 20 heavy (non-hydrogen) atoms. The molecule has 2 aromatic rings. The van der Waals surface area contributed by atoms with Crippen molar-refractivity contribution in [1.82, 2.24) is 0 Å². The third-order valence-corrected chi connectivity index (χ3v) is 4.21. The molecular formula is C15H12BN2OS. The van der Waals surface area contributed by atoms with Gasteiger partial charge in [-0.15, -0.1) is 11.3 Å². The van der Waals surface area contributed by atoms with Gasteiger partial charge in [0.25, 0.3) is 0 Å². The molecule has 97 valence electrons. The smallest absolute Gasteiger partial charge is 0.317 e. The zero-order valence-corrected chi connectivity index (χ0v) is 11.8. The summed E-state index contributed by atoms with van der Waals surface area (Å²) in [5.74, 6) is 0.661. The quantitative estimate of drug-likeness (QED) is 0.691. The van der Waals surface area contributed by atoms with E-state index in [-0.39, 0.29) is 5.78 Å². The van der Waals surface area contributed by atoms with Gasteiger partial charge in [-0.3, -0.25) is 4.79 Å². The van der Waals surface area contributed by atoms with Crippen molar-refractivity contribution in [1.29, 1.82) is 0 Å². The normalized spacial score (nSPS) is 13.2. The minimum atomic E-state index is 0.0752. The van der Waals surface area contributed by atoms with Gasteiger partial charge in [-0.2, -0.15) is 0 Å². The topological polar surface area (TPSA) is 55.5 Å². The Morgan fingerprint density at radius 3 is 3.05 bits per heavy atom. The van der Waals surface area contributed by atoms with Crippen molar-refractivity contribution in [2.45, 2.75) is 6.92 Å². The number of hydrogen-bond donors (Lipinski definition) is 1. The summed E-state index contributed by atoms with van der Waals surface area (Å²) in [5.41, 5.74) is 9.69. The fraction of sp³-hybridized carbons (Fsp3) is 0.0667. The Morgan fingerprint density at radius 1 is 1.40 bits per heavy atom. The number of fused-ring (bicyclic) bond motifs is 1. The molecule has 3 rings (SSSR count). The third kappa shape index (κ3) is 2.32. The van der Waals surface area contributed by atoms with E-state index >= 15 is 0 Å². The number of carbonyl (C=O) groups is 1. The van der Waals surface area contributed by atoms with Crippen molar-refractivity contribution in [2.24, 2.45) is 10.6 Å². The number of ketones is 1. The standard InChI is InChI=1S/C15H12BN2OS/c1-9(19)11-4-2-3-10(7-11)5-6-12-8-20-14-13(12)16-18-15(14)17/h2-8H,1H3,(H2,17,18)/b6-5+. The van der Waals surface area contributed by atoms with Gasteiger partial charge in [0.15, 0.2) is 5.78 Å². The molecular weight excluding hydrogens is 267 g/mol. The van der Waals surface area contributed by atoms with Crippen LogP contribution in [-0.4, -0.2) is 19.0 Å². The number of benzene rings is 1. The number of nitrogens with zero attached hydrogens (tertiary/aromatic N) is 1. The van der Waals surface area contributed by atoms with Crippen LogP contribution in [0.25, 0.3) is 12.2 Å². The molecule has 0 fully saturated rings. The fourth-order valence-electron chi connectivity index (χ4n) is 2.08. The Bertz CT molecular complexity index is 746. The summed E-state index contributed by atoms with van der Waals surface area (Å²) in [6.45, 7) is 1.57. The molecule has 0 aliphatic carbocycles. The lowest BCUT2D eigenvalue weighted by atomic mass is 9.83. The highest BCUT2D eigenvalue weighted by molar-refractivity contribution is 7.14. The molecule has 0 saturated heterocycles. The highest BCUT2D eigenvalue weighted by atomic mass is 32.1. The van der Waals surface area contributed by atoms with Crippen LogP contribution in [-0.2, 0) is 0 Å². The van der Waals surface area contributed by atoms with Crippen molar-refractivity contribution < 1.29 is 4.79 Å². The molecule has 1 aromatic heterocycles. The average molecular weight is 279 g/mol. The molecule has 0 saturated carbocycles. The Kier molecular flexibility index (Phi) is 3.28. The van der Waals surface area contributed by atoms with E-state index < -0.39 is 0 Å². The minimum absolute atomic E-state index is 0.0752. The number of thiophene rings is 1. The largest absolute Gasteiger partial charge is 0.384 e. The Morgan fingerprint density at radius 2 is 2.25 bits per heavy atom. The van der Waals surface area contributed by atoms with E-state index in [9.17, 15) is 4.79 Å². The van der Waals surface area contributed by atoms with E-state index in [1.54, 1.807) is 25.7 Å². The molecule has 1 aliphatic heterocycles. The Balaban J connectivity index is 1.87. The van der Waals surface area contributed by atoms with Gasteiger partial charge < -0.3 is 10.6 Å². The third-order valence-electron chi connectivity index (χ3n) is 3.17. The summed E-state index contributed by atoms with van der Waals surface area (Å²) in [6.07, 6.45) is 4.02. The van der Waals surface area contributed by atoms with Crippen molar-refractivity contribution in [3.8, 4) is 0 Å². The van der Waals surface area contributed by atoms with Crippen LogP contribution in [0.3, 0.4) is 0 Å². The molecule has 0 bridgehead atoms. The summed E-state index contributed by atoms with van der Waals surface area (Å²) in [6, 6.07) is 7.58. The summed E-state index contributed by atoms with van der Waals surface area (Å²) >= 11 is 1.60.